The Labute approximate surface area is 198 Å². The lowest BCUT2D eigenvalue weighted by molar-refractivity contribution is 0.102. The number of amides is 1. The number of carbonyl (C=O) groups is 1. The molecule has 1 N–H and O–H groups in total. The monoisotopic (exact) mass is 460 g/mol. The number of fused-ring (bicyclic) bond motifs is 2. The largest absolute Gasteiger partial charge is 0.306 e. The summed E-state index contributed by atoms with van der Waals surface area (Å²) in [7, 11) is 0. The summed E-state index contributed by atoms with van der Waals surface area (Å²) in [5, 5.41) is 8.18. The Morgan fingerprint density at radius 1 is 0.857 bits per heavy atom. The van der Waals surface area contributed by atoms with Gasteiger partial charge in [-0.15, -0.1) is 0 Å². The average Bonchev–Trinajstić information content (AvgIpc) is 3.28. The summed E-state index contributed by atoms with van der Waals surface area (Å²) in [6.45, 7) is 0. The van der Waals surface area contributed by atoms with Gasteiger partial charge in [0.2, 0.25) is 0 Å². The van der Waals surface area contributed by atoms with E-state index in [4.69, 9.17) is 4.98 Å². The lowest BCUT2D eigenvalue weighted by Crippen LogP contribution is -2.13. The minimum Gasteiger partial charge on any atom is -0.306 e. The summed E-state index contributed by atoms with van der Waals surface area (Å²) >= 11 is 0. The number of hydrogen-bond donors (Lipinski definition) is 1. The van der Waals surface area contributed by atoms with E-state index in [0.717, 1.165) is 22.0 Å². The molecule has 1 amide bonds. The molecule has 0 unspecified atom stereocenters. The third-order valence-electron chi connectivity index (χ3n) is 5.64. The molecular weight excluding hydrogens is 443 g/mol. The van der Waals surface area contributed by atoms with Crippen molar-refractivity contribution in [2.45, 2.75) is 0 Å². The van der Waals surface area contributed by atoms with Crippen molar-refractivity contribution < 1.29 is 9.18 Å². The number of rotatable bonds is 4. The molecular formula is C27H17FN6O. The standard InChI is InChI=1S/C27H17FN6O/c28-21-9-7-17(8-10-21)25-26(34-24(33-25)6-3-12-31-34)19-11-13-29-23(15-19)32-27(35)20-14-18-4-1-2-5-22(18)30-16-20/h1-16H,(H,29,32,35). The zero-order valence-corrected chi connectivity index (χ0v) is 18.3. The van der Waals surface area contributed by atoms with Gasteiger partial charge in [-0.25, -0.2) is 18.9 Å². The van der Waals surface area contributed by atoms with Crippen molar-refractivity contribution in [3.63, 3.8) is 0 Å². The van der Waals surface area contributed by atoms with Crippen LogP contribution in [0.25, 0.3) is 39.1 Å². The Bertz CT molecular complexity index is 1710. The summed E-state index contributed by atoms with van der Waals surface area (Å²) in [6, 6.07) is 22.8. The van der Waals surface area contributed by atoms with Crippen LogP contribution in [0.5, 0.6) is 0 Å². The zero-order chi connectivity index (χ0) is 23.8. The fraction of sp³-hybridized carbons (Fsp3) is 0. The number of anilines is 1. The molecule has 8 heteroatoms. The molecule has 0 saturated carbocycles. The molecule has 6 rings (SSSR count). The molecule has 4 heterocycles. The predicted molar refractivity (Wildman–Crippen MR) is 131 cm³/mol. The van der Waals surface area contributed by atoms with Crippen molar-refractivity contribution in [3.8, 4) is 22.5 Å². The molecule has 0 aliphatic carbocycles. The number of hydrogen-bond acceptors (Lipinski definition) is 5. The minimum atomic E-state index is -0.325. The van der Waals surface area contributed by atoms with Crippen LogP contribution < -0.4 is 5.32 Å². The SMILES string of the molecule is O=C(Nc1cc(-c2c(-c3ccc(F)cc3)nc3cccnn23)ccn1)c1cnc2ccccc2c1. The van der Waals surface area contributed by atoms with Gasteiger partial charge < -0.3 is 5.32 Å². The molecule has 0 aliphatic heterocycles. The molecule has 7 nitrogen and oxygen atoms in total. The number of carbonyl (C=O) groups excluding carboxylic acids is 1. The van der Waals surface area contributed by atoms with Crippen LogP contribution in [0.4, 0.5) is 10.2 Å². The fourth-order valence-corrected chi connectivity index (χ4v) is 3.99. The number of pyridine rings is 2. The fourth-order valence-electron chi connectivity index (χ4n) is 3.99. The Kier molecular flexibility index (Phi) is 4.96. The maximum Gasteiger partial charge on any atom is 0.258 e. The maximum atomic E-state index is 13.5. The Morgan fingerprint density at radius 3 is 2.60 bits per heavy atom. The molecule has 0 saturated heterocycles. The topological polar surface area (TPSA) is 85.1 Å². The van der Waals surface area contributed by atoms with Gasteiger partial charge >= 0.3 is 0 Å². The first kappa shape index (κ1) is 20.6. The summed E-state index contributed by atoms with van der Waals surface area (Å²) in [4.78, 5) is 26.3. The summed E-state index contributed by atoms with van der Waals surface area (Å²) in [5.74, 6) is -0.270. The lowest BCUT2D eigenvalue weighted by Gasteiger charge is -2.09. The Hall–Kier alpha value is -4.98. The molecule has 6 aromatic rings. The number of imidazole rings is 1. The van der Waals surface area contributed by atoms with E-state index in [1.807, 2.05) is 36.4 Å². The average molecular weight is 460 g/mol. The van der Waals surface area contributed by atoms with Crippen LogP contribution in [-0.2, 0) is 0 Å². The number of para-hydroxylation sites is 1. The number of aromatic nitrogens is 5. The normalized spacial score (nSPS) is 11.1. The highest BCUT2D eigenvalue weighted by Crippen LogP contribution is 2.33. The van der Waals surface area contributed by atoms with Crippen molar-refractivity contribution in [1.29, 1.82) is 0 Å². The van der Waals surface area contributed by atoms with E-state index in [9.17, 15) is 9.18 Å². The van der Waals surface area contributed by atoms with Crippen LogP contribution in [0.3, 0.4) is 0 Å². The number of benzene rings is 2. The van der Waals surface area contributed by atoms with E-state index in [2.05, 4.69) is 20.4 Å². The van der Waals surface area contributed by atoms with Gasteiger partial charge in [-0.1, -0.05) is 18.2 Å². The summed E-state index contributed by atoms with van der Waals surface area (Å²) in [6.07, 6.45) is 4.83. The van der Waals surface area contributed by atoms with Crippen molar-refractivity contribution in [2.24, 2.45) is 0 Å². The van der Waals surface area contributed by atoms with Crippen molar-refractivity contribution in [1.82, 2.24) is 24.6 Å². The molecule has 4 aromatic heterocycles. The first-order chi connectivity index (χ1) is 17.2. The molecule has 0 aliphatic rings. The summed E-state index contributed by atoms with van der Waals surface area (Å²) in [5.41, 5.74) is 4.74. The van der Waals surface area contributed by atoms with E-state index < -0.39 is 0 Å². The first-order valence-corrected chi connectivity index (χ1v) is 10.9. The Balaban J connectivity index is 1.39. The molecule has 0 radical (unpaired) electrons. The molecule has 0 fully saturated rings. The highest BCUT2D eigenvalue weighted by atomic mass is 19.1. The van der Waals surface area contributed by atoms with Gasteiger partial charge in [0.15, 0.2) is 5.65 Å². The smallest absolute Gasteiger partial charge is 0.258 e. The highest BCUT2D eigenvalue weighted by molar-refractivity contribution is 6.05. The quantitative estimate of drug-likeness (QED) is 0.381. The van der Waals surface area contributed by atoms with Crippen molar-refractivity contribution in [3.05, 3.63) is 109 Å². The van der Waals surface area contributed by atoms with Crippen LogP contribution in [0, 0.1) is 5.82 Å². The van der Waals surface area contributed by atoms with Crippen LogP contribution in [0.2, 0.25) is 0 Å². The van der Waals surface area contributed by atoms with Crippen molar-refractivity contribution in [2.75, 3.05) is 5.32 Å². The van der Waals surface area contributed by atoms with E-state index in [1.54, 1.807) is 53.4 Å². The second-order valence-electron chi connectivity index (χ2n) is 7.91. The van der Waals surface area contributed by atoms with E-state index in [1.165, 1.54) is 12.1 Å². The molecule has 35 heavy (non-hydrogen) atoms. The molecule has 168 valence electrons. The number of halogens is 1. The predicted octanol–water partition coefficient (Wildman–Crippen LogP) is 5.40. The molecule has 2 aromatic carbocycles. The first-order valence-electron chi connectivity index (χ1n) is 10.9. The van der Waals surface area contributed by atoms with Gasteiger partial charge in [-0.05, 0) is 60.7 Å². The lowest BCUT2D eigenvalue weighted by atomic mass is 10.1. The third-order valence-corrected chi connectivity index (χ3v) is 5.64. The minimum absolute atomic E-state index is 0.317. The van der Waals surface area contributed by atoms with Crippen LogP contribution in [0.1, 0.15) is 10.4 Å². The Morgan fingerprint density at radius 2 is 1.71 bits per heavy atom. The van der Waals surface area contributed by atoms with Gasteiger partial charge in [0.1, 0.15) is 17.3 Å². The van der Waals surface area contributed by atoms with Gasteiger partial charge in [-0.3, -0.25) is 9.78 Å². The van der Waals surface area contributed by atoms with Gasteiger partial charge in [0.05, 0.1) is 16.8 Å². The van der Waals surface area contributed by atoms with Crippen molar-refractivity contribution >= 4 is 28.3 Å². The van der Waals surface area contributed by atoms with Crippen LogP contribution >= 0.6 is 0 Å². The van der Waals surface area contributed by atoms with Gasteiger partial charge in [0, 0.05) is 35.1 Å². The molecule has 0 atom stereocenters. The van der Waals surface area contributed by atoms with E-state index in [0.29, 0.717) is 28.4 Å². The second-order valence-corrected chi connectivity index (χ2v) is 7.91. The van der Waals surface area contributed by atoms with Gasteiger partial charge in [0.25, 0.3) is 5.91 Å². The van der Waals surface area contributed by atoms with E-state index in [-0.39, 0.29) is 11.7 Å². The maximum absolute atomic E-state index is 13.5. The van der Waals surface area contributed by atoms with Crippen LogP contribution in [-0.4, -0.2) is 30.5 Å². The molecule has 0 bridgehead atoms. The van der Waals surface area contributed by atoms with E-state index >= 15 is 0 Å². The molecule has 0 spiro atoms. The number of nitrogens with zero attached hydrogens (tertiary/aromatic N) is 5. The summed E-state index contributed by atoms with van der Waals surface area (Å²) < 4.78 is 15.3. The van der Waals surface area contributed by atoms with Gasteiger partial charge in [-0.2, -0.15) is 5.10 Å². The highest BCUT2D eigenvalue weighted by Gasteiger charge is 2.18. The zero-order valence-electron chi connectivity index (χ0n) is 18.3. The third kappa shape index (κ3) is 3.87. The number of nitrogens with one attached hydrogen (secondary N) is 1. The van der Waals surface area contributed by atoms with Crippen LogP contribution in [0.15, 0.2) is 97.5 Å². The second kappa shape index (κ2) is 8.42.